The topological polar surface area (TPSA) is 61.9 Å². The van der Waals surface area contributed by atoms with Gasteiger partial charge in [-0.25, -0.2) is 4.98 Å². The van der Waals surface area contributed by atoms with Gasteiger partial charge in [0.2, 0.25) is 11.1 Å². The Kier molecular flexibility index (Phi) is 4.35. The summed E-state index contributed by atoms with van der Waals surface area (Å²) in [6, 6.07) is 12.3. The fraction of sp³-hybridized carbons (Fsp3) is 0.278. The lowest BCUT2D eigenvalue weighted by Crippen LogP contribution is -2.40. The lowest BCUT2D eigenvalue weighted by atomic mass is 10.1. The van der Waals surface area contributed by atoms with Gasteiger partial charge in [-0.1, -0.05) is 36.0 Å². The molecular weight excluding hydrogens is 352 g/mol. The number of para-hydroxylation sites is 1. The van der Waals surface area contributed by atoms with Gasteiger partial charge in [0.05, 0.1) is 10.1 Å². The molecule has 2 aromatic heterocycles. The number of anilines is 1. The number of aromatic amines is 1. The fourth-order valence-corrected chi connectivity index (χ4v) is 4.57. The number of hydrogen-bond acceptors (Lipinski definition) is 5. The highest BCUT2D eigenvalue weighted by Gasteiger charge is 2.33. The fourth-order valence-electron chi connectivity index (χ4n) is 3.13. The van der Waals surface area contributed by atoms with Gasteiger partial charge in [-0.05, 0) is 43.3 Å². The van der Waals surface area contributed by atoms with Gasteiger partial charge in [0, 0.05) is 11.7 Å². The predicted molar refractivity (Wildman–Crippen MR) is 102 cm³/mol. The van der Waals surface area contributed by atoms with E-state index in [0.717, 1.165) is 22.8 Å². The molecule has 0 aliphatic carbocycles. The smallest absolute Gasteiger partial charge is 0.240 e. The Balaban J connectivity index is 1.50. The Morgan fingerprint density at radius 1 is 1.36 bits per heavy atom. The third-order valence-corrected chi connectivity index (χ3v) is 6.12. The largest absolute Gasteiger partial charge is 0.308 e. The highest BCUT2D eigenvalue weighted by atomic mass is 32.2. The van der Waals surface area contributed by atoms with Gasteiger partial charge < -0.3 is 4.90 Å². The molecule has 0 bridgehead atoms. The van der Waals surface area contributed by atoms with Crippen molar-refractivity contribution in [3.63, 3.8) is 0 Å². The number of thiophene rings is 1. The number of rotatable bonds is 4. The zero-order valence-electron chi connectivity index (χ0n) is 14.0. The van der Waals surface area contributed by atoms with Crippen molar-refractivity contribution in [2.24, 2.45) is 0 Å². The number of H-pyrrole nitrogens is 1. The number of amides is 1. The van der Waals surface area contributed by atoms with Crippen LogP contribution in [0.3, 0.4) is 0 Å². The number of nitrogens with one attached hydrogen (secondary N) is 1. The van der Waals surface area contributed by atoms with Crippen LogP contribution in [0.4, 0.5) is 5.69 Å². The van der Waals surface area contributed by atoms with Crippen LogP contribution in [0, 0.1) is 0 Å². The maximum atomic E-state index is 13.0. The van der Waals surface area contributed by atoms with Crippen LogP contribution in [0.15, 0.2) is 46.9 Å². The molecule has 25 heavy (non-hydrogen) atoms. The minimum atomic E-state index is -0.249. The van der Waals surface area contributed by atoms with Crippen molar-refractivity contribution in [1.29, 1.82) is 0 Å². The molecular formula is C18H18N4OS2. The minimum absolute atomic E-state index is 0.102. The second kappa shape index (κ2) is 6.65. The first-order valence-electron chi connectivity index (χ1n) is 8.17. The first-order valence-corrected chi connectivity index (χ1v) is 9.93. The van der Waals surface area contributed by atoms with E-state index in [1.54, 1.807) is 11.3 Å². The van der Waals surface area contributed by atoms with E-state index in [9.17, 15) is 4.79 Å². The molecule has 128 valence electrons. The molecule has 7 heteroatoms. The highest BCUT2D eigenvalue weighted by molar-refractivity contribution is 8.00. The monoisotopic (exact) mass is 370 g/mol. The standard InChI is InChI=1S/C18H18N4OS2/c1-11-10-13-6-3-4-7-14(13)22(11)17(23)12(2)25-18-19-16(20-21-18)15-8-5-9-24-15/h3-9,11-12H,10H2,1-2H3,(H,19,20,21)/t11-,12+/m0/s1. The first kappa shape index (κ1) is 16.4. The Morgan fingerprint density at radius 2 is 2.20 bits per heavy atom. The third kappa shape index (κ3) is 3.09. The molecule has 2 atom stereocenters. The van der Waals surface area contributed by atoms with Crippen LogP contribution in [0.2, 0.25) is 0 Å². The zero-order valence-corrected chi connectivity index (χ0v) is 15.6. The molecule has 0 spiro atoms. The average molecular weight is 371 g/mol. The maximum Gasteiger partial charge on any atom is 0.240 e. The van der Waals surface area contributed by atoms with Crippen LogP contribution in [-0.2, 0) is 11.2 Å². The summed E-state index contributed by atoms with van der Waals surface area (Å²) >= 11 is 3.00. The summed E-state index contributed by atoms with van der Waals surface area (Å²) in [5.74, 6) is 0.849. The van der Waals surface area contributed by atoms with E-state index in [-0.39, 0.29) is 17.2 Å². The summed E-state index contributed by atoms with van der Waals surface area (Å²) in [7, 11) is 0. The second-order valence-corrected chi connectivity index (χ2v) is 8.35. The van der Waals surface area contributed by atoms with E-state index in [4.69, 9.17) is 0 Å². The highest BCUT2D eigenvalue weighted by Crippen LogP contribution is 2.34. The van der Waals surface area contributed by atoms with Crippen LogP contribution in [0.25, 0.3) is 10.7 Å². The molecule has 1 N–H and O–H groups in total. The van der Waals surface area contributed by atoms with Crippen LogP contribution in [0.5, 0.6) is 0 Å². The minimum Gasteiger partial charge on any atom is -0.308 e. The second-order valence-electron chi connectivity index (χ2n) is 6.09. The number of carbonyl (C=O) groups excluding carboxylic acids is 1. The van der Waals surface area contributed by atoms with E-state index < -0.39 is 0 Å². The van der Waals surface area contributed by atoms with E-state index >= 15 is 0 Å². The summed E-state index contributed by atoms with van der Waals surface area (Å²) in [6.07, 6.45) is 0.905. The molecule has 5 nitrogen and oxygen atoms in total. The normalized spacial score (nSPS) is 17.5. The van der Waals surface area contributed by atoms with E-state index in [0.29, 0.717) is 5.16 Å². The number of aromatic nitrogens is 3. The zero-order chi connectivity index (χ0) is 17.4. The Bertz CT molecular complexity index is 890. The third-order valence-electron chi connectivity index (χ3n) is 4.29. The van der Waals surface area contributed by atoms with Crippen molar-refractivity contribution in [3.05, 3.63) is 47.3 Å². The molecule has 0 radical (unpaired) electrons. The predicted octanol–water partition coefficient (Wildman–Crippen LogP) is 3.99. The van der Waals surface area contributed by atoms with Gasteiger partial charge in [-0.3, -0.25) is 9.89 Å². The van der Waals surface area contributed by atoms with Crippen molar-refractivity contribution in [2.75, 3.05) is 4.90 Å². The molecule has 1 aliphatic heterocycles. The van der Waals surface area contributed by atoms with Gasteiger partial charge in [0.15, 0.2) is 5.82 Å². The van der Waals surface area contributed by atoms with Gasteiger partial charge in [-0.15, -0.1) is 16.4 Å². The molecule has 1 aromatic carbocycles. The molecule has 1 amide bonds. The maximum absolute atomic E-state index is 13.0. The van der Waals surface area contributed by atoms with Gasteiger partial charge in [0.25, 0.3) is 0 Å². The number of fused-ring (bicyclic) bond motifs is 1. The van der Waals surface area contributed by atoms with Gasteiger partial charge in [0.1, 0.15) is 0 Å². The van der Waals surface area contributed by atoms with Crippen LogP contribution in [-0.4, -0.2) is 32.4 Å². The average Bonchev–Trinajstić information content (AvgIpc) is 3.32. The summed E-state index contributed by atoms with van der Waals surface area (Å²) < 4.78 is 0. The Morgan fingerprint density at radius 3 is 3.00 bits per heavy atom. The SMILES string of the molecule is C[C@@H](Sc1n[nH]c(-c2cccs2)n1)C(=O)N1c2ccccc2C[C@@H]1C. The number of benzene rings is 1. The van der Waals surface area contributed by atoms with Crippen molar-refractivity contribution in [1.82, 2.24) is 15.2 Å². The first-order chi connectivity index (χ1) is 12.1. The molecule has 1 aliphatic rings. The molecule has 0 fully saturated rings. The van der Waals surface area contributed by atoms with Crippen molar-refractivity contribution in [3.8, 4) is 10.7 Å². The summed E-state index contributed by atoms with van der Waals surface area (Å²) in [6.45, 7) is 4.01. The van der Waals surface area contributed by atoms with Crippen LogP contribution < -0.4 is 4.90 Å². The molecule has 3 heterocycles. The molecule has 0 unspecified atom stereocenters. The number of nitrogens with zero attached hydrogens (tertiary/aromatic N) is 3. The van der Waals surface area contributed by atoms with Crippen molar-refractivity contribution < 1.29 is 4.79 Å². The summed E-state index contributed by atoms with van der Waals surface area (Å²) in [5, 5.41) is 9.55. The number of hydrogen-bond donors (Lipinski definition) is 1. The van der Waals surface area contributed by atoms with E-state index in [1.165, 1.54) is 17.3 Å². The molecule has 0 saturated carbocycles. The lowest BCUT2D eigenvalue weighted by Gasteiger charge is -2.25. The number of carbonyl (C=O) groups is 1. The number of thioether (sulfide) groups is 1. The van der Waals surface area contributed by atoms with E-state index in [1.807, 2.05) is 47.5 Å². The molecule has 0 saturated heterocycles. The molecule has 3 aromatic rings. The van der Waals surface area contributed by atoms with Gasteiger partial charge >= 0.3 is 0 Å². The van der Waals surface area contributed by atoms with Crippen LogP contribution in [0.1, 0.15) is 19.4 Å². The Labute approximate surface area is 154 Å². The molecule has 4 rings (SSSR count). The van der Waals surface area contributed by atoms with Gasteiger partial charge in [-0.2, -0.15) is 0 Å². The summed E-state index contributed by atoms with van der Waals surface area (Å²) in [5.41, 5.74) is 2.26. The van der Waals surface area contributed by atoms with Crippen molar-refractivity contribution in [2.45, 2.75) is 36.7 Å². The Hall–Kier alpha value is -2.12. The van der Waals surface area contributed by atoms with Crippen molar-refractivity contribution >= 4 is 34.7 Å². The van der Waals surface area contributed by atoms with Crippen LogP contribution >= 0.6 is 23.1 Å². The summed E-state index contributed by atoms with van der Waals surface area (Å²) in [4.78, 5) is 20.5. The lowest BCUT2D eigenvalue weighted by molar-refractivity contribution is -0.118. The van der Waals surface area contributed by atoms with E-state index in [2.05, 4.69) is 28.2 Å². The quantitative estimate of drug-likeness (QED) is 0.706.